The molecule has 12 heteroatoms. The van der Waals surface area contributed by atoms with E-state index in [-0.39, 0.29) is 0 Å². The summed E-state index contributed by atoms with van der Waals surface area (Å²) in [6.45, 7) is 6.96. The van der Waals surface area contributed by atoms with E-state index in [2.05, 4.69) is 15.1 Å². The number of urea groups is 1. The SMILES string of the molecule is NC(=O)NCCCN1CCCC1COc1ccc(Oc2ccc(Cl)cc2)cc1.NCCCN1CCCC1COc1ccc(Oc2ccc(Cl)cc2)cc1. The molecule has 0 saturated carbocycles. The second-order valence-electron chi connectivity index (χ2n) is 13.1. The first kappa shape index (κ1) is 40.0. The van der Waals surface area contributed by atoms with Gasteiger partial charge in [0.25, 0.3) is 0 Å². The number of ether oxygens (including phenoxy) is 4. The van der Waals surface area contributed by atoms with Gasteiger partial charge >= 0.3 is 6.03 Å². The van der Waals surface area contributed by atoms with E-state index >= 15 is 0 Å². The number of benzene rings is 4. The number of carbonyl (C=O) groups excluding carboxylic acids is 1. The van der Waals surface area contributed by atoms with Gasteiger partial charge in [0.2, 0.25) is 0 Å². The van der Waals surface area contributed by atoms with Crippen molar-refractivity contribution < 1.29 is 23.7 Å². The number of likely N-dealkylation sites (tertiary alicyclic amines) is 2. The summed E-state index contributed by atoms with van der Waals surface area (Å²) in [7, 11) is 0. The summed E-state index contributed by atoms with van der Waals surface area (Å²) in [5.41, 5.74) is 10.7. The molecule has 2 saturated heterocycles. The smallest absolute Gasteiger partial charge is 0.312 e. The monoisotopic (exact) mass is 763 g/mol. The fourth-order valence-electron chi connectivity index (χ4n) is 6.41. The van der Waals surface area contributed by atoms with E-state index < -0.39 is 6.03 Å². The van der Waals surface area contributed by atoms with Crippen molar-refractivity contribution in [2.75, 3.05) is 52.5 Å². The molecular formula is C41H51Cl2N5O5. The number of primary amides is 1. The van der Waals surface area contributed by atoms with Gasteiger partial charge in [0.05, 0.1) is 0 Å². The zero-order valence-corrected chi connectivity index (χ0v) is 31.6. The molecule has 2 amide bonds. The van der Waals surface area contributed by atoms with Gasteiger partial charge in [-0.1, -0.05) is 23.2 Å². The highest BCUT2D eigenvalue weighted by atomic mass is 35.5. The number of hydrogen-bond donors (Lipinski definition) is 3. The Bertz CT molecular complexity index is 1650. The van der Waals surface area contributed by atoms with E-state index in [1.807, 2.05) is 84.9 Å². The van der Waals surface area contributed by atoms with E-state index in [0.29, 0.717) is 35.3 Å². The van der Waals surface area contributed by atoms with Crippen LogP contribution in [0.1, 0.15) is 38.5 Å². The maximum atomic E-state index is 10.7. The highest BCUT2D eigenvalue weighted by Gasteiger charge is 2.25. The van der Waals surface area contributed by atoms with Crippen LogP contribution >= 0.6 is 23.2 Å². The lowest BCUT2D eigenvalue weighted by Crippen LogP contribution is -2.37. The minimum Gasteiger partial charge on any atom is -0.492 e. The Hall–Kier alpha value is -4.19. The Kier molecular flexibility index (Phi) is 16.2. The van der Waals surface area contributed by atoms with Crippen LogP contribution in [0.25, 0.3) is 0 Å². The largest absolute Gasteiger partial charge is 0.492 e. The van der Waals surface area contributed by atoms with Crippen molar-refractivity contribution in [2.45, 2.75) is 50.6 Å². The topological polar surface area (TPSA) is 125 Å². The number of amides is 2. The van der Waals surface area contributed by atoms with Crippen LogP contribution in [0.4, 0.5) is 4.79 Å². The van der Waals surface area contributed by atoms with Crippen molar-refractivity contribution >= 4 is 29.2 Å². The van der Waals surface area contributed by atoms with Gasteiger partial charge < -0.3 is 35.7 Å². The second kappa shape index (κ2) is 21.5. The first-order valence-corrected chi connectivity index (χ1v) is 19.1. The van der Waals surface area contributed by atoms with Crippen molar-refractivity contribution in [2.24, 2.45) is 11.5 Å². The quantitative estimate of drug-likeness (QED) is 0.0917. The molecule has 2 aliphatic heterocycles. The average Bonchev–Trinajstić information content (AvgIpc) is 3.83. The molecule has 10 nitrogen and oxygen atoms in total. The number of nitrogens with two attached hydrogens (primary N) is 2. The molecule has 0 radical (unpaired) electrons. The van der Waals surface area contributed by atoms with Crippen molar-refractivity contribution in [3.63, 3.8) is 0 Å². The molecule has 0 aliphatic carbocycles. The van der Waals surface area contributed by atoms with Crippen LogP contribution in [-0.2, 0) is 0 Å². The molecule has 53 heavy (non-hydrogen) atoms. The summed E-state index contributed by atoms with van der Waals surface area (Å²) in [5.74, 6) is 4.73. The van der Waals surface area contributed by atoms with Crippen molar-refractivity contribution in [3.05, 3.63) is 107 Å². The van der Waals surface area contributed by atoms with Crippen LogP contribution in [-0.4, -0.2) is 80.4 Å². The minimum absolute atomic E-state index is 0.401. The summed E-state index contributed by atoms with van der Waals surface area (Å²) in [6, 6.07) is 30.4. The van der Waals surface area contributed by atoms with Crippen LogP contribution in [0.2, 0.25) is 10.0 Å². The standard InChI is InChI=1S/C21H26ClN3O3.C20H25ClN2O2/c22-16-4-6-19(7-5-16)28-20-10-8-18(9-11-20)27-15-17-3-1-13-25(17)14-2-12-24-21(23)26;21-16-4-6-19(7-5-16)25-20-10-8-18(9-11-20)24-15-17-3-1-13-23(17)14-2-12-22/h4-11,17H,1-3,12-15H2,(H3,23,24,26);4-11,17H,1-3,12-15,22H2. The first-order chi connectivity index (χ1) is 25.8. The van der Waals surface area contributed by atoms with Gasteiger partial charge in [-0.2, -0.15) is 0 Å². The van der Waals surface area contributed by atoms with Gasteiger partial charge in [0, 0.05) is 35.2 Å². The van der Waals surface area contributed by atoms with E-state index in [4.69, 9.17) is 53.6 Å². The minimum atomic E-state index is -0.468. The second-order valence-corrected chi connectivity index (χ2v) is 14.0. The van der Waals surface area contributed by atoms with Crippen molar-refractivity contribution in [1.29, 1.82) is 0 Å². The van der Waals surface area contributed by atoms with E-state index in [0.717, 1.165) is 93.1 Å². The fourth-order valence-corrected chi connectivity index (χ4v) is 6.67. The van der Waals surface area contributed by atoms with Crippen LogP contribution < -0.4 is 35.7 Å². The Morgan fingerprint density at radius 2 is 1.00 bits per heavy atom. The van der Waals surface area contributed by atoms with Gasteiger partial charge in [-0.15, -0.1) is 0 Å². The molecule has 2 fully saturated rings. The van der Waals surface area contributed by atoms with Crippen LogP contribution in [0, 0.1) is 0 Å². The van der Waals surface area contributed by atoms with Crippen LogP contribution in [0.3, 0.4) is 0 Å². The van der Waals surface area contributed by atoms with E-state index in [1.54, 1.807) is 12.1 Å². The molecule has 2 atom stereocenters. The molecule has 284 valence electrons. The summed E-state index contributed by atoms with van der Waals surface area (Å²) in [5, 5.41) is 4.01. The Labute approximate surface area is 323 Å². The lowest BCUT2D eigenvalue weighted by molar-refractivity contribution is 0.171. The molecular weight excluding hydrogens is 713 g/mol. The molecule has 2 aliphatic rings. The van der Waals surface area contributed by atoms with E-state index in [1.165, 1.54) is 19.3 Å². The number of halogens is 2. The Morgan fingerprint density at radius 1 is 0.623 bits per heavy atom. The molecule has 2 unspecified atom stereocenters. The van der Waals surface area contributed by atoms with Gasteiger partial charge in [0.15, 0.2) is 0 Å². The van der Waals surface area contributed by atoms with Crippen LogP contribution in [0.5, 0.6) is 34.5 Å². The van der Waals surface area contributed by atoms with Crippen LogP contribution in [0.15, 0.2) is 97.1 Å². The molecule has 0 aromatic heterocycles. The predicted octanol–water partition coefficient (Wildman–Crippen LogP) is 8.36. The molecule has 4 aromatic carbocycles. The summed E-state index contributed by atoms with van der Waals surface area (Å²) in [4.78, 5) is 15.6. The number of rotatable bonds is 17. The molecule has 5 N–H and O–H groups in total. The lowest BCUT2D eigenvalue weighted by atomic mass is 10.2. The summed E-state index contributed by atoms with van der Waals surface area (Å²) in [6.07, 6.45) is 6.67. The first-order valence-electron chi connectivity index (χ1n) is 18.4. The fraction of sp³-hybridized carbons (Fsp3) is 0.390. The zero-order valence-electron chi connectivity index (χ0n) is 30.1. The number of hydrogen-bond acceptors (Lipinski definition) is 8. The number of carbonyl (C=O) groups is 1. The molecule has 0 bridgehead atoms. The van der Waals surface area contributed by atoms with Gasteiger partial charge in [-0.05, 0) is 162 Å². The van der Waals surface area contributed by atoms with Gasteiger partial charge in [-0.3, -0.25) is 9.80 Å². The van der Waals surface area contributed by atoms with Gasteiger partial charge in [0.1, 0.15) is 47.7 Å². The number of nitrogens with zero attached hydrogens (tertiary/aromatic N) is 2. The maximum Gasteiger partial charge on any atom is 0.312 e. The maximum absolute atomic E-state index is 10.7. The predicted molar refractivity (Wildman–Crippen MR) is 212 cm³/mol. The van der Waals surface area contributed by atoms with Crippen molar-refractivity contribution in [3.8, 4) is 34.5 Å². The summed E-state index contributed by atoms with van der Waals surface area (Å²) < 4.78 is 23.5. The van der Waals surface area contributed by atoms with Crippen molar-refractivity contribution in [1.82, 2.24) is 15.1 Å². The third kappa shape index (κ3) is 13.9. The molecule has 6 rings (SSSR count). The van der Waals surface area contributed by atoms with Gasteiger partial charge in [-0.25, -0.2) is 4.79 Å². The highest BCUT2D eigenvalue weighted by molar-refractivity contribution is 6.30. The number of nitrogens with one attached hydrogen (secondary N) is 1. The lowest BCUT2D eigenvalue weighted by Gasteiger charge is -2.24. The third-order valence-corrected chi connectivity index (χ3v) is 9.70. The van der Waals surface area contributed by atoms with E-state index in [9.17, 15) is 4.79 Å². The summed E-state index contributed by atoms with van der Waals surface area (Å²) >= 11 is 11.8. The zero-order chi connectivity index (χ0) is 37.3. The molecule has 4 aromatic rings. The molecule has 0 spiro atoms. The normalized spacial score (nSPS) is 17.1. The Morgan fingerprint density at radius 3 is 1.40 bits per heavy atom. The average molecular weight is 765 g/mol. The highest BCUT2D eigenvalue weighted by Crippen LogP contribution is 2.28. The third-order valence-electron chi connectivity index (χ3n) is 9.20. The Balaban J connectivity index is 0.000000206. The molecule has 2 heterocycles.